The van der Waals surface area contributed by atoms with Crippen molar-refractivity contribution in [3.8, 4) is 11.5 Å². The van der Waals surface area contributed by atoms with Crippen LogP contribution in [0.5, 0.6) is 11.5 Å². The molecule has 7 heteroatoms. The summed E-state index contributed by atoms with van der Waals surface area (Å²) in [4.78, 5) is 21.1. The Hall–Kier alpha value is -2.80. The molecular weight excluding hydrogens is 332 g/mol. The first-order valence-corrected chi connectivity index (χ1v) is 8.86. The molecule has 0 atom stereocenters. The van der Waals surface area contributed by atoms with E-state index < -0.39 is 0 Å². The van der Waals surface area contributed by atoms with E-state index in [2.05, 4.69) is 20.1 Å². The topological polar surface area (TPSA) is 66.9 Å². The van der Waals surface area contributed by atoms with E-state index in [4.69, 9.17) is 9.47 Å². The molecule has 1 aromatic carbocycles. The van der Waals surface area contributed by atoms with Gasteiger partial charge in [0.15, 0.2) is 11.5 Å². The van der Waals surface area contributed by atoms with Crippen LogP contribution in [0.15, 0.2) is 42.6 Å². The largest absolute Gasteiger partial charge is 0.486 e. The smallest absolute Gasteiger partial charge is 0.238 e. The Morgan fingerprint density at radius 1 is 1.04 bits per heavy atom. The Kier molecular flexibility index (Phi) is 4.88. The predicted octanol–water partition coefficient (Wildman–Crippen LogP) is 1.61. The number of nitrogens with zero attached hydrogens (tertiary/aromatic N) is 3. The number of hydrogen-bond acceptors (Lipinski definition) is 6. The van der Waals surface area contributed by atoms with E-state index >= 15 is 0 Å². The lowest BCUT2D eigenvalue weighted by molar-refractivity contribution is -0.117. The SMILES string of the molecule is O=C(CN1CCN(c2ccccn2)CC1)Nc1ccc2c(c1)OCCO2. The van der Waals surface area contributed by atoms with E-state index in [-0.39, 0.29) is 5.91 Å². The highest BCUT2D eigenvalue weighted by molar-refractivity contribution is 5.92. The lowest BCUT2D eigenvalue weighted by Crippen LogP contribution is -2.48. The molecule has 2 aromatic rings. The first-order valence-electron chi connectivity index (χ1n) is 8.86. The lowest BCUT2D eigenvalue weighted by Gasteiger charge is -2.34. The van der Waals surface area contributed by atoms with Crippen molar-refractivity contribution in [3.63, 3.8) is 0 Å². The van der Waals surface area contributed by atoms with Gasteiger partial charge in [-0.25, -0.2) is 4.98 Å². The fourth-order valence-electron chi connectivity index (χ4n) is 3.20. The van der Waals surface area contributed by atoms with E-state index in [0.29, 0.717) is 25.5 Å². The van der Waals surface area contributed by atoms with Gasteiger partial charge in [0, 0.05) is 44.1 Å². The Bertz CT molecular complexity index is 761. The summed E-state index contributed by atoms with van der Waals surface area (Å²) in [6, 6.07) is 11.4. The van der Waals surface area contributed by atoms with E-state index in [1.807, 2.05) is 42.6 Å². The lowest BCUT2D eigenvalue weighted by atomic mass is 10.2. The number of amides is 1. The number of aromatic nitrogens is 1. The first kappa shape index (κ1) is 16.7. The molecule has 4 rings (SSSR count). The number of piperazine rings is 1. The summed E-state index contributed by atoms with van der Waals surface area (Å²) >= 11 is 0. The van der Waals surface area contributed by atoms with E-state index in [9.17, 15) is 4.79 Å². The summed E-state index contributed by atoms with van der Waals surface area (Å²) in [5, 5.41) is 2.94. The zero-order valence-corrected chi connectivity index (χ0v) is 14.6. The molecule has 0 aliphatic carbocycles. The zero-order chi connectivity index (χ0) is 17.8. The van der Waals surface area contributed by atoms with Crippen molar-refractivity contribution in [3.05, 3.63) is 42.6 Å². The average molecular weight is 354 g/mol. The molecule has 3 heterocycles. The molecule has 1 aromatic heterocycles. The summed E-state index contributed by atoms with van der Waals surface area (Å²) in [6.45, 7) is 4.89. The number of hydrogen-bond donors (Lipinski definition) is 1. The van der Waals surface area contributed by atoms with Gasteiger partial charge in [-0.15, -0.1) is 0 Å². The molecule has 2 aliphatic rings. The average Bonchev–Trinajstić information content (AvgIpc) is 2.69. The monoisotopic (exact) mass is 354 g/mol. The van der Waals surface area contributed by atoms with E-state index in [1.165, 1.54) is 0 Å². The fourth-order valence-corrected chi connectivity index (χ4v) is 3.20. The second-order valence-electron chi connectivity index (χ2n) is 6.36. The fraction of sp³-hybridized carbons (Fsp3) is 0.368. The number of fused-ring (bicyclic) bond motifs is 1. The van der Waals surface area contributed by atoms with Gasteiger partial charge in [0.1, 0.15) is 19.0 Å². The Morgan fingerprint density at radius 3 is 2.62 bits per heavy atom. The van der Waals surface area contributed by atoms with Gasteiger partial charge in [-0.2, -0.15) is 0 Å². The van der Waals surface area contributed by atoms with Crippen LogP contribution < -0.4 is 19.7 Å². The van der Waals surface area contributed by atoms with Crippen LogP contribution in [0.3, 0.4) is 0 Å². The van der Waals surface area contributed by atoms with Crippen LogP contribution in [-0.2, 0) is 4.79 Å². The highest BCUT2D eigenvalue weighted by Crippen LogP contribution is 2.32. The molecule has 0 radical (unpaired) electrons. The third kappa shape index (κ3) is 3.88. The Balaban J connectivity index is 1.28. The summed E-state index contributed by atoms with van der Waals surface area (Å²) in [5.41, 5.74) is 0.728. The number of carbonyl (C=O) groups excluding carboxylic acids is 1. The van der Waals surface area contributed by atoms with Crippen LogP contribution in [0.1, 0.15) is 0 Å². The first-order chi connectivity index (χ1) is 12.8. The minimum absolute atomic E-state index is 0.0204. The van der Waals surface area contributed by atoms with Gasteiger partial charge in [0.2, 0.25) is 5.91 Å². The van der Waals surface area contributed by atoms with Crippen LogP contribution in [0.2, 0.25) is 0 Å². The predicted molar refractivity (Wildman–Crippen MR) is 99.0 cm³/mol. The second kappa shape index (κ2) is 7.61. The molecule has 7 nitrogen and oxygen atoms in total. The van der Waals surface area contributed by atoms with Gasteiger partial charge in [0.25, 0.3) is 0 Å². The summed E-state index contributed by atoms with van der Waals surface area (Å²) < 4.78 is 11.0. The number of rotatable bonds is 4. The summed E-state index contributed by atoms with van der Waals surface area (Å²) in [6.07, 6.45) is 1.81. The molecule has 0 unspecified atom stereocenters. The van der Waals surface area contributed by atoms with Crippen LogP contribution in [0.25, 0.3) is 0 Å². The number of ether oxygens (including phenoxy) is 2. The van der Waals surface area contributed by atoms with E-state index in [0.717, 1.165) is 43.4 Å². The molecule has 1 amide bonds. The zero-order valence-electron chi connectivity index (χ0n) is 14.6. The number of benzene rings is 1. The van der Waals surface area contributed by atoms with Gasteiger partial charge in [-0.05, 0) is 24.3 Å². The molecule has 26 heavy (non-hydrogen) atoms. The minimum Gasteiger partial charge on any atom is -0.486 e. The molecule has 0 bridgehead atoms. The van der Waals surface area contributed by atoms with Crippen molar-refractivity contribution in [2.24, 2.45) is 0 Å². The summed E-state index contributed by atoms with van der Waals surface area (Å²) in [5.74, 6) is 2.37. The van der Waals surface area contributed by atoms with Gasteiger partial charge < -0.3 is 19.7 Å². The maximum absolute atomic E-state index is 12.3. The number of anilines is 2. The van der Waals surface area contributed by atoms with Crippen molar-refractivity contribution in [1.82, 2.24) is 9.88 Å². The third-order valence-corrected chi connectivity index (χ3v) is 4.54. The maximum Gasteiger partial charge on any atom is 0.238 e. The molecule has 1 saturated heterocycles. The highest BCUT2D eigenvalue weighted by atomic mass is 16.6. The summed E-state index contributed by atoms with van der Waals surface area (Å²) in [7, 11) is 0. The number of nitrogens with one attached hydrogen (secondary N) is 1. The maximum atomic E-state index is 12.3. The molecule has 1 N–H and O–H groups in total. The quantitative estimate of drug-likeness (QED) is 0.900. The van der Waals surface area contributed by atoms with Gasteiger partial charge in [0.05, 0.1) is 6.54 Å². The van der Waals surface area contributed by atoms with Crippen LogP contribution in [0, 0.1) is 0 Å². The van der Waals surface area contributed by atoms with Crippen molar-refractivity contribution in [2.45, 2.75) is 0 Å². The Morgan fingerprint density at radius 2 is 1.85 bits per heavy atom. The molecule has 2 aliphatic heterocycles. The molecular formula is C19H22N4O3. The van der Waals surface area contributed by atoms with E-state index in [1.54, 1.807) is 0 Å². The van der Waals surface area contributed by atoms with Crippen LogP contribution in [0.4, 0.5) is 11.5 Å². The van der Waals surface area contributed by atoms with Gasteiger partial charge >= 0.3 is 0 Å². The number of carbonyl (C=O) groups is 1. The second-order valence-corrected chi connectivity index (χ2v) is 6.36. The third-order valence-electron chi connectivity index (χ3n) is 4.54. The molecule has 0 spiro atoms. The van der Waals surface area contributed by atoms with Crippen LogP contribution >= 0.6 is 0 Å². The highest BCUT2D eigenvalue weighted by Gasteiger charge is 2.20. The normalized spacial score (nSPS) is 17.0. The molecule has 136 valence electrons. The standard InChI is InChI=1S/C19H22N4O3/c24-19(21-15-4-5-16-17(13-15)26-12-11-25-16)14-22-7-9-23(10-8-22)18-3-1-2-6-20-18/h1-6,13H,7-12,14H2,(H,21,24). The number of pyridine rings is 1. The van der Waals surface area contributed by atoms with Crippen LogP contribution in [-0.4, -0.2) is 61.7 Å². The molecule has 1 fully saturated rings. The minimum atomic E-state index is -0.0204. The molecule has 0 saturated carbocycles. The van der Waals surface area contributed by atoms with Crippen molar-refractivity contribution in [1.29, 1.82) is 0 Å². The Labute approximate surface area is 152 Å². The van der Waals surface area contributed by atoms with Gasteiger partial charge in [-0.1, -0.05) is 6.07 Å². The van der Waals surface area contributed by atoms with Crippen molar-refractivity contribution < 1.29 is 14.3 Å². The van der Waals surface area contributed by atoms with Crippen molar-refractivity contribution in [2.75, 3.05) is 56.2 Å². The van der Waals surface area contributed by atoms with Gasteiger partial charge in [-0.3, -0.25) is 9.69 Å². The van der Waals surface area contributed by atoms with Crippen molar-refractivity contribution >= 4 is 17.4 Å².